The Morgan fingerprint density at radius 1 is 1.33 bits per heavy atom. The molecule has 2 aliphatic heterocycles. The number of aryl methyl sites for hydroxylation is 1. The average Bonchev–Trinajstić information content (AvgIpc) is 3.34. The van der Waals surface area contributed by atoms with E-state index in [9.17, 15) is 21.6 Å². The normalized spacial score (nSPS) is 20.1. The minimum absolute atomic E-state index is 0.0860. The van der Waals surface area contributed by atoms with Crippen LogP contribution in [-0.4, -0.2) is 76.4 Å². The number of ether oxygens (including phenoxy) is 2. The molecular formula is C19H23F3N4O6S. The fraction of sp³-hybridized carbons (Fsp3) is 0.526. The fourth-order valence-electron chi connectivity index (χ4n) is 3.66. The Balaban J connectivity index is 0.000000383. The highest BCUT2D eigenvalue weighted by molar-refractivity contribution is 7.89. The minimum atomic E-state index is -5.08. The average molecular weight is 492 g/mol. The van der Waals surface area contributed by atoms with E-state index < -0.39 is 27.8 Å². The lowest BCUT2D eigenvalue weighted by Gasteiger charge is -2.48. The molecule has 10 nitrogen and oxygen atoms in total. The van der Waals surface area contributed by atoms with Crippen LogP contribution in [0.3, 0.4) is 0 Å². The molecule has 14 heteroatoms. The van der Waals surface area contributed by atoms with Crippen molar-refractivity contribution in [1.82, 2.24) is 18.8 Å². The molecule has 0 bridgehead atoms. The summed E-state index contributed by atoms with van der Waals surface area (Å²) in [4.78, 5) is 17.0. The fourth-order valence-corrected chi connectivity index (χ4v) is 5.18. The number of carboxylic acids is 1. The van der Waals surface area contributed by atoms with Crippen molar-refractivity contribution >= 4 is 16.0 Å². The van der Waals surface area contributed by atoms with Crippen molar-refractivity contribution < 1.29 is 41.0 Å². The van der Waals surface area contributed by atoms with Crippen molar-refractivity contribution in [3.8, 4) is 5.88 Å². The van der Waals surface area contributed by atoms with Crippen LogP contribution in [0.1, 0.15) is 12.8 Å². The molecule has 1 N–H and O–H groups in total. The highest BCUT2D eigenvalue weighted by atomic mass is 32.2. The van der Waals surface area contributed by atoms with E-state index in [0.29, 0.717) is 32.2 Å². The Labute approximate surface area is 188 Å². The van der Waals surface area contributed by atoms with Gasteiger partial charge in [0.25, 0.3) is 10.0 Å². The standard InChI is InChI=1S/C17H22N4O4S.C2HF3O2/c1-20-10-16(19-13-20)26(22,23)21-11-17(12-21)14(6-9-25-17)5-8-24-15-4-2-3-7-18-15;3-2(4,5)1(6)7/h2-4,7,10,13-14H,5-6,8-9,11-12H2,1H3;(H,6,7). The maximum Gasteiger partial charge on any atom is 0.490 e. The number of hydrogen-bond acceptors (Lipinski definition) is 7. The predicted octanol–water partition coefficient (Wildman–Crippen LogP) is 1.70. The van der Waals surface area contributed by atoms with Crippen molar-refractivity contribution in [1.29, 1.82) is 0 Å². The van der Waals surface area contributed by atoms with Gasteiger partial charge in [0, 0.05) is 45.2 Å². The first-order valence-electron chi connectivity index (χ1n) is 9.90. The third-order valence-corrected chi connectivity index (χ3v) is 7.05. The Hall–Kier alpha value is -2.71. The van der Waals surface area contributed by atoms with Gasteiger partial charge in [-0.1, -0.05) is 6.07 Å². The monoisotopic (exact) mass is 492 g/mol. The zero-order valence-electron chi connectivity index (χ0n) is 17.6. The summed E-state index contributed by atoms with van der Waals surface area (Å²) in [6, 6.07) is 5.55. The van der Waals surface area contributed by atoms with Crippen molar-refractivity contribution in [3.63, 3.8) is 0 Å². The molecule has 2 aromatic heterocycles. The van der Waals surface area contributed by atoms with Gasteiger partial charge in [0.15, 0.2) is 5.03 Å². The van der Waals surface area contributed by atoms with E-state index in [1.54, 1.807) is 17.8 Å². The third kappa shape index (κ3) is 5.81. The number of hydrogen-bond donors (Lipinski definition) is 1. The number of imidazole rings is 1. The van der Waals surface area contributed by atoms with E-state index in [1.165, 1.54) is 16.8 Å². The number of pyridine rings is 1. The highest BCUT2D eigenvalue weighted by Gasteiger charge is 2.56. The summed E-state index contributed by atoms with van der Waals surface area (Å²) in [6.07, 6.45) is 1.36. The van der Waals surface area contributed by atoms with Gasteiger partial charge in [0.05, 0.1) is 18.5 Å². The lowest BCUT2D eigenvalue weighted by Crippen LogP contribution is -2.66. The molecule has 2 aliphatic rings. The molecule has 182 valence electrons. The van der Waals surface area contributed by atoms with Crippen LogP contribution in [-0.2, 0) is 26.6 Å². The SMILES string of the molecule is Cn1cnc(S(=O)(=O)N2CC3(C2)OCCC3CCOc2ccccn2)c1.O=C(O)C(F)(F)F. The maximum absolute atomic E-state index is 12.6. The van der Waals surface area contributed by atoms with E-state index in [0.717, 1.165) is 12.8 Å². The summed E-state index contributed by atoms with van der Waals surface area (Å²) in [5, 5.41) is 7.21. The molecule has 0 radical (unpaired) electrons. The van der Waals surface area contributed by atoms with E-state index in [1.807, 2.05) is 18.2 Å². The molecule has 1 spiro atoms. The first-order chi connectivity index (χ1) is 15.4. The molecule has 4 heterocycles. The number of nitrogens with zero attached hydrogens (tertiary/aromatic N) is 4. The first kappa shape index (κ1) is 24.9. The number of carbonyl (C=O) groups is 1. The Kier molecular flexibility index (Phi) is 7.29. The molecule has 0 amide bonds. The number of sulfonamides is 1. The smallest absolute Gasteiger partial charge is 0.478 e. The second-order valence-corrected chi connectivity index (χ2v) is 9.54. The van der Waals surface area contributed by atoms with Gasteiger partial charge in [0.1, 0.15) is 0 Å². The summed E-state index contributed by atoms with van der Waals surface area (Å²) in [5.74, 6) is -1.87. The Bertz CT molecular complexity index is 1050. The van der Waals surface area contributed by atoms with E-state index in [-0.39, 0.29) is 10.9 Å². The topological polar surface area (TPSA) is 124 Å². The van der Waals surface area contributed by atoms with E-state index in [4.69, 9.17) is 19.4 Å². The summed E-state index contributed by atoms with van der Waals surface area (Å²) < 4.78 is 71.7. The van der Waals surface area contributed by atoms with Gasteiger partial charge in [-0.05, 0) is 24.8 Å². The molecule has 2 saturated heterocycles. The van der Waals surface area contributed by atoms with Crippen molar-refractivity contribution in [2.45, 2.75) is 29.6 Å². The van der Waals surface area contributed by atoms with Gasteiger partial charge in [-0.15, -0.1) is 0 Å². The van der Waals surface area contributed by atoms with Crippen LogP contribution in [0.2, 0.25) is 0 Å². The van der Waals surface area contributed by atoms with Crippen molar-refractivity contribution in [3.05, 3.63) is 36.9 Å². The number of aromatic nitrogens is 3. The molecule has 2 aromatic rings. The van der Waals surface area contributed by atoms with Crippen LogP contribution in [0.4, 0.5) is 13.2 Å². The molecule has 0 aromatic carbocycles. The van der Waals surface area contributed by atoms with Gasteiger partial charge in [-0.25, -0.2) is 23.2 Å². The first-order valence-corrected chi connectivity index (χ1v) is 11.3. The number of aliphatic carboxylic acids is 1. The summed E-state index contributed by atoms with van der Waals surface area (Å²) in [6.45, 7) is 1.95. The molecule has 0 saturated carbocycles. The lowest BCUT2D eigenvalue weighted by atomic mass is 9.80. The van der Waals surface area contributed by atoms with Gasteiger partial charge in [-0.2, -0.15) is 17.5 Å². The number of rotatable bonds is 6. The van der Waals surface area contributed by atoms with Crippen LogP contribution >= 0.6 is 0 Å². The Morgan fingerprint density at radius 3 is 2.58 bits per heavy atom. The number of halogens is 3. The van der Waals surface area contributed by atoms with Crippen LogP contribution < -0.4 is 4.74 Å². The van der Waals surface area contributed by atoms with Gasteiger partial charge < -0.3 is 19.1 Å². The lowest BCUT2D eigenvalue weighted by molar-refractivity contribution is -0.192. The summed E-state index contributed by atoms with van der Waals surface area (Å²) in [5.41, 5.74) is -0.394. The molecule has 1 unspecified atom stereocenters. The number of carboxylic acid groups (broad SMARTS) is 1. The summed E-state index contributed by atoms with van der Waals surface area (Å²) >= 11 is 0. The van der Waals surface area contributed by atoms with Gasteiger partial charge >= 0.3 is 12.1 Å². The highest BCUT2D eigenvalue weighted by Crippen LogP contribution is 2.43. The van der Waals surface area contributed by atoms with Gasteiger partial charge in [-0.3, -0.25) is 0 Å². The Morgan fingerprint density at radius 2 is 2.03 bits per heavy atom. The molecule has 2 fully saturated rings. The molecule has 4 rings (SSSR count). The van der Waals surface area contributed by atoms with Crippen LogP contribution in [0, 0.1) is 5.92 Å². The molecular weight excluding hydrogens is 469 g/mol. The zero-order valence-corrected chi connectivity index (χ0v) is 18.4. The third-order valence-electron chi connectivity index (χ3n) is 5.37. The predicted molar refractivity (Wildman–Crippen MR) is 107 cm³/mol. The minimum Gasteiger partial charge on any atom is -0.478 e. The second kappa shape index (κ2) is 9.65. The largest absolute Gasteiger partial charge is 0.490 e. The van der Waals surface area contributed by atoms with Crippen LogP contribution in [0.25, 0.3) is 0 Å². The van der Waals surface area contributed by atoms with Crippen LogP contribution in [0.15, 0.2) is 41.9 Å². The van der Waals surface area contributed by atoms with Crippen molar-refractivity contribution in [2.24, 2.45) is 13.0 Å². The number of alkyl halides is 3. The van der Waals surface area contributed by atoms with E-state index in [2.05, 4.69) is 9.97 Å². The van der Waals surface area contributed by atoms with Gasteiger partial charge in [0.2, 0.25) is 5.88 Å². The van der Waals surface area contributed by atoms with Crippen molar-refractivity contribution in [2.75, 3.05) is 26.3 Å². The van der Waals surface area contributed by atoms with Crippen LogP contribution in [0.5, 0.6) is 5.88 Å². The quantitative estimate of drug-likeness (QED) is 0.646. The summed E-state index contributed by atoms with van der Waals surface area (Å²) in [7, 11) is -1.80. The molecule has 1 atom stereocenters. The zero-order chi connectivity index (χ0) is 24.3. The molecule has 0 aliphatic carbocycles. The van der Waals surface area contributed by atoms with E-state index >= 15 is 0 Å². The second-order valence-electron chi connectivity index (χ2n) is 7.66. The maximum atomic E-state index is 12.6. The molecule has 33 heavy (non-hydrogen) atoms.